The molecule has 5 heteroatoms. The molecule has 0 saturated carbocycles. The molecule has 1 N–H and O–H groups in total. The molecule has 40 heavy (non-hydrogen) atoms. The van der Waals surface area contributed by atoms with E-state index >= 15 is 0 Å². The van der Waals surface area contributed by atoms with Crippen LogP contribution in [0.4, 0.5) is 0 Å². The van der Waals surface area contributed by atoms with E-state index in [1.807, 2.05) is 112 Å². The summed E-state index contributed by atoms with van der Waals surface area (Å²) in [5, 5.41) is 3.15. The number of amides is 2. The molecule has 206 valence electrons. The average Bonchev–Trinajstić information content (AvgIpc) is 2.95. The maximum atomic E-state index is 14.4. The molecule has 0 bridgehead atoms. The normalized spacial score (nSPS) is 12.1. The van der Waals surface area contributed by atoms with E-state index in [-0.39, 0.29) is 24.2 Å². The number of halogens is 1. The van der Waals surface area contributed by atoms with Gasteiger partial charge in [-0.1, -0.05) is 119 Å². The van der Waals surface area contributed by atoms with Crippen molar-refractivity contribution in [1.82, 2.24) is 10.2 Å². The molecule has 0 fully saturated rings. The number of nitrogens with zero attached hydrogens (tertiary/aromatic N) is 1. The smallest absolute Gasteiger partial charge is 0.243 e. The van der Waals surface area contributed by atoms with Gasteiger partial charge in [-0.3, -0.25) is 9.59 Å². The lowest BCUT2D eigenvalue weighted by Gasteiger charge is -2.35. The van der Waals surface area contributed by atoms with Crippen LogP contribution in [0.1, 0.15) is 55.4 Å². The van der Waals surface area contributed by atoms with Crippen LogP contribution in [-0.2, 0) is 22.6 Å². The van der Waals surface area contributed by atoms with Crippen molar-refractivity contribution in [2.75, 3.05) is 0 Å². The lowest BCUT2D eigenvalue weighted by atomic mass is 9.87. The molecule has 0 spiro atoms. The largest absolute Gasteiger partial charge is 0.350 e. The zero-order valence-electron chi connectivity index (χ0n) is 23.4. The van der Waals surface area contributed by atoms with Crippen LogP contribution in [0.2, 0.25) is 0 Å². The summed E-state index contributed by atoms with van der Waals surface area (Å²) in [6.45, 7) is 6.22. The van der Waals surface area contributed by atoms with Crippen LogP contribution < -0.4 is 5.32 Å². The Morgan fingerprint density at radius 2 is 1.23 bits per heavy atom. The van der Waals surface area contributed by atoms with Gasteiger partial charge in [-0.25, -0.2) is 0 Å². The Morgan fingerprint density at radius 3 is 1.73 bits per heavy atom. The average molecular weight is 598 g/mol. The van der Waals surface area contributed by atoms with Gasteiger partial charge in [0, 0.05) is 35.3 Å². The fourth-order valence-electron chi connectivity index (χ4n) is 4.88. The van der Waals surface area contributed by atoms with Gasteiger partial charge in [0.2, 0.25) is 11.8 Å². The van der Waals surface area contributed by atoms with Crippen LogP contribution in [0, 0.1) is 0 Å². The molecule has 0 aromatic heterocycles. The van der Waals surface area contributed by atoms with E-state index in [2.05, 4.69) is 45.5 Å². The summed E-state index contributed by atoms with van der Waals surface area (Å²) in [6.07, 6.45) is 0.672. The van der Waals surface area contributed by atoms with Gasteiger partial charge in [0.15, 0.2) is 0 Å². The number of hydrogen-bond acceptors (Lipinski definition) is 2. The second kappa shape index (κ2) is 13.6. The minimum absolute atomic E-state index is 0.0642. The molecule has 0 heterocycles. The number of nitrogens with one attached hydrogen (secondary N) is 1. The molecule has 4 nitrogen and oxygen atoms in total. The standard InChI is InChI=1S/C35H37BrN2O2/c1-35(2,3)37-34(40)32(23-26-13-7-4-8-14-26)38(25-27-19-21-30(36)22-20-27)33(39)24-31(28-15-9-5-10-16-28)29-17-11-6-12-18-29/h4-22,31-32H,23-25H2,1-3H3,(H,37,40)/t32-/m1/s1. The Hall–Kier alpha value is -3.70. The molecule has 4 rings (SSSR count). The highest BCUT2D eigenvalue weighted by Gasteiger charge is 2.33. The van der Waals surface area contributed by atoms with Crippen molar-refractivity contribution in [3.8, 4) is 0 Å². The number of hydrogen-bond donors (Lipinski definition) is 1. The monoisotopic (exact) mass is 596 g/mol. The SMILES string of the molecule is CC(C)(C)NC(=O)[C@@H](Cc1ccccc1)N(Cc1ccc(Br)cc1)C(=O)CC(c1ccccc1)c1ccccc1. The van der Waals surface area contributed by atoms with Gasteiger partial charge in [-0.2, -0.15) is 0 Å². The molecular formula is C35H37BrN2O2. The molecule has 0 radical (unpaired) electrons. The molecule has 4 aromatic rings. The Morgan fingerprint density at radius 1 is 0.725 bits per heavy atom. The van der Waals surface area contributed by atoms with Gasteiger partial charge in [-0.05, 0) is 55.2 Å². The quantitative estimate of drug-likeness (QED) is 0.206. The van der Waals surface area contributed by atoms with Gasteiger partial charge in [0.05, 0.1) is 0 Å². The highest BCUT2D eigenvalue weighted by Crippen LogP contribution is 2.30. The van der Waals surface area contributed by atoms with E-state index in [4.69, 9.17) is 0 Å². The minimum Gasteiger partial charge on any atom is -0.350 e. The Balaban J connectivity index is 1.74. The van der Waals surface area contributed by atoms with Crippen molar-refractivity contribution in [1.29, 1.82) is 0 Å². The third kappa shape index (κ3) is 8.40. The molecule has 4 aromatic carbocycles. The van der Waals surface area contributed by atoms with Crippen molar-refractivity contribution in [3.05, 3.63) is 142 Å². The number of benzene rings is 4. The molecule has 2 amide bonds. The third-order valence-corrected chi connectivity index (χ3v) is 7.35. The van der Waals surface area contributed by atoms with Gasteiger partial charge in [0.1, 0.15) is 6.04 Å². The first-order valence-electron chi connectivity index (χ1n) is 13.7. The Kier molecular flexibility index (Phi) is 9.94. The zero-order valence-corrected chi connectivity index (χ0v) is 25.0. The predicted molar refractivity (Wildman–Crippen MR) is 166 cm³/mol. The lowest BCUT2D eigenvalue weighted by Crippen LogP contribution is -2.54. The predicted octanol–water partition coefficient (Wildman–Crippen LogP) is 7.53. The van der Waals surface area contributed by atoms with Crippen molar-refractivity contribution in [3.63, 3.8) is 0 Å². The first-order chi connectivity index (χ1) is 19.2. The summed E-state index contributed by atoms with van der Waals surface area (Å²) < 4.78 is 0.966. The van der Waals surface area contributed by atoms with Gasteiger partial charge in [-0.15, -0.1) is 0 Å². The topological polar surface area (TPSA) is 49.4 Å². The number of carbonyl (C=O) groups excluding carboxylic acids is 2. The highest BCUT2D eigenvalue weighted by atomic mass is 79.9. The van der Waals surface area contributed by atoms with Crippen molar-refractivity contribution in [2.45, 2.75) is 57.7 Å². The third-order valence-electron chi connectivity index (χ3n) is 6.82. The molecule has 0 unspecified atom stereocenters. The highest BCUT2D eigenvalue weighted by molar-refractivity contribution is 9.10. The summed E-state index contributed by atoms with van der Waals surface area (Å²) in [5.41, 5.74) is 3.69. The van der Waals surface area contributed by atoms with Crippen LogP contribution in [0.5, 0.6) is 0 Å². The zero-order chi connectivity index (χ0) is 28.5. The molecule has 0 saturated heterocycles. The van der Waals surface area contributed by atoms with E-state index in [1.54, 1.807) is 4.90 Å². The summed E-state index contributed by atoms with van der Waals surface area (Å²) in [5.74, 6) is -0.353. The van der Waals surface area contributed by atoms with Gasteiger partial charge >= 0.3 is 0 Å². The van der Waals surface area contributed by atoms with Crippen LogP contribution >= 0.6 is 15.9 Å². The maximum absolute atomic E-state index is 14.4. The van der Waals surface area contributed by atoms with Crippen LogP contribution in [-0.4, -0.2) is 28.3 Å². The van der Waals surface area contributed by atoms with Crippen LogP contribution in [0.3, 0.4) is 0 Å². The Bertz CT molecular complexity index is 1330. The summed E-state index contributed by atoms with van der Waals surface area (Å²) in [7, 11) is 0. The van der Waals surface area contributed by atoms with Gasteiger partial charge < -0.3 is 10.2 Å². The molecule has 0 aliphatic carbocycles. The molecule has 0 aliphatic heterocycles. The molecular weight excluding hydrogens is 560 g/mol. The second-order valence-corrected chi connectivity index (χ2v) is 12.1. The number of carbonyl (C=O) groups is 2. The second-order valence-electron chi connectivity index (χ2n) is 11.2. The van der Waals surface area contributed by atoms with Crippen LogP contribution in [0.15, 0.2) is 120 Å². The summed E-state index contributed by atoms with van der Waals surface area (Å²) in [6, 6.07) is 37.4. The van der Waals surface area contributed by atoms with Gasteiger partial charge in [0.25, 0.3) is 0 Å². The van der Waals surface area contributed by atoms with Crippen molar-refractivity contribution in [2.24, 2.45) is 0 Å². The van der Waals surface area contributed by atoms with E-state index in [1.165, 1.54) is 0 Å². The first kappa shape index (κ1) is 29.3. The lowest BCUT2D eigenvalue weighted by molar-refractivity contribution is -0.142. The Labute approximate surface area is 246 Å². The summed E-state index contributed by atoms with van der Waals surface area (Å²) >= 11 is 3.51. The minimum atomic E-state index is -0.676. The van der Waals surface area contributed by atoms with Crippen LogP contribution in [0.25, 0.3) is 0 Å². The fraction of sp³-hybridized carbons (Fsp3) is 0.257. The first-order valence-corrected chi connectivity index (χ1v) is 14.5. The van der Waals surface area contributed by atoms with Crippen molar-refractivity contribution < 1.29 is 9.59 Å². The van der Waals surface area contributed by atoms with Crippen molar-refractivity contribution >= 4 is 27.7 Å². The summed E-state index contributed by atoms with van der Waals surface area (Å²) in [4.78, 5) is 30.1. The fourth-order valence-corrected chi connectivity index (χ4v) is 5.15. The van der Waals surface area contributed by atoms with E-state index in [9.17, 15) is 9.59 Å². The van der Waals surface area contributed by atoms with E-state index in [0.717, 1.165) is 26.7 Å². The molecule has 0 aliphatic rings. The van der Waals surface area contributed by atoms with E-state index in [0.29, 0.717) is 13.0 Å². The number of rotatable bonds is 10. The van der Waals surface area contributed by atoms with E-state index < -0.39 is 11.6 Å². The maximum Gasteiger partial charge on any atom is 0.243 e. The molecule has 1 atom stereocenters.